The molecule has 7 N–H and O–H groups in total. The first kappa shape index (κ1) is 13.5. The van der Waals surface area contributed by atoms with E-state index in [2.05, 4.69) is 15.3 Å². The molecule has 18 heavy (non-hydrogen) atoms. The Morgan fingerprint density at radius 1 is 1.17 bits per heavy atom. The van der Waals surface area contributed by atoms with Crippen LogP contribution >= 0.6 is 0 Å². The van der Waals surface area contributed by atoms with Crippen LogP contribution in [0.5, 0.6) is 0 Å². The van der Waals surface area contributed by atoms with Gasteiger partial charge in [-0.15, -0.1) is 0 Å². The minimum Gasteiger partial charge on any atom is -0.370 e. The van der Waals surface area contributed by atoms with Crippen molar-refractivity contribution in [3.63, 3.8) is 0 Å². The van der Waals surface area contributed by atoms with Crippen LogP contribution < -0.4 is 22.5 Å². The number of hydrogen-bond donors (Lipinski definition) is 4. The van der Waals surface area contributed by atoms with Gasteiger partial charge in [0.05, 0.1) is 0 Å². The molecular weight excluding hydrogens is 232 g/mol. The van der Waals surface area contributed by atoms with E-state index in [1.807, 2.05) is 30.3 Å². The normalized spacial score (nSPS) is 10.8. The monoisotopic (exact) mass is 248 g/mol. The van der Waals surface area contributed by atoms with Crippen molar-refractivity contribution in [1.82, 2.24) is 5.32 Å². The first-order chi connectivity index (χ1) is 8.58. The fourth-order valence-electron chi connectivity index (χ4n) is 1.17. The van der Waals surface area contributed by atoms with E-state index in [-0.39, 0.29) is 24.4 Å². The number of nitrogens with zero attached hydrogens (tertiary/aromatic N) is 2. The van der Waals surface area contributed by atoms with Crippen molar-refractivity contribution in [2.75, 3.05) is 6.54 Å². The van der Waals surface area contributed by atoms with Gasteiger partial charge in [0, 0.05) is 6.54 Å². The quantitative estimate of drug-likeness (QED) is 0.397. The molecule has 0 atom stereocenters. The molecule has 0 aromatic heterocycles. The summed E-state index contributed by atoms with van der Waals surface area (Å²) in [5.41, 5.74) is 16.6. The Morgan fingerprint density at radius 2 is 1.83 bits per heavy atom. The van der Waals surface area contributed by atoms with Crippen LogP contribution in [-0.4, -0.2) is 24.4 Å². The molecule has 0 saturated carbocycles. The van der Waals surface area contributed by atoms with Gasteiger partial charge in [-0.25, -0.2) is 4.99 Å². The lowest BCUT2D eigenvalue weighted by Crippen LogP contribution is -2.28. The summed E-state index contributed by atoms with van der Waals surface area (Å²) in [6, 6.07) is 9.53. The molecule has 0 fully saturated rings. The molecule has 1 aromatic carbocycles. The molecule has 1 rings (SSSR count). The Morgan fingerprint density at radius 3 is 2.44 bits per heavy atom. The second-order valence-electron chi connectivity index (χ2n) is 3.47. The standard InChI is InChI=1S/C11H16N6O/c12-10(13)17-11(14)16-7-9(18)15-6-8-4-2-1-3-5-8/h1-5H,6-7H2,(H,15,18)(H6,12,13,14,16,17). The van der Waals surface area contributed by atoms with Crippen molar-refractivity contribution in [1.29, 1.82) is 0 Å². The van der Waals surface area contributed by atoms with Crippen LogP contribution in [0.4, 0.5) is 0 Å². The number of carbonyl (C=O) groups is 1. The molecule has 0 heterocycles. The lowest BCUT2D eigenvalue weighted by Gasteiger charge is -2.03. The zero-order valence-electron chi connectivity index (χ0n) is 9.84. The maximum atomic E-state index is 11.4. The van der Waals surface area contributed by atoms with E-state index in [9.17, 15) is 4.79 Å². The third-order valence-electron chi connectivity index (χ3n) is 1.96. The fourth-order valence-corrected chi connectivity index (χ4v) is 1.17. The smallest absolute Gasteiger partial charge is 0.242 e. The highest BCUT2D eigenvalue weighted by atomic mass is 16.1. The summed E-state index contributed by atoms with van der Waals surface area (Å²) in [5.74, 6) is -0.571. The highest BCUT2D eigenvalue weighted by Crippen LogP contribution is 1.96. The first-order valence-electron chi connectivity index (χ1n) is 5.28. The van der Waals surface area contributed by atoms with Crippen molar-refractivity contribution in [2.45, 2.75) is 6.54 Å². The number of carbonyl (C=O) groups excluding carboxylic acids is 1. The number of nitrogens with two attached hydrogens (primary N) is 3. The molecule has 0 radical (unpaired) electrons. The van der Waals surface area contributed by atoms with Crippen molar-refractivity contribution in [2.24, 2.45) is 27.2 Å². The second kappa shape index (κ2) is 6.89. The van der Waals surface area contributed by atoms with Crippen molar-refractivity contribution < 1.29 is 4.79 Å². The molecular formula is C11H16N6O. The predicted octanol–water partition coefficient (Wildman–Crippen LogP) is -1.11. The van der Waals surface area contributed by atoms with Crippen LogP contribution in [0.3, 0.4) is 0 Å². The molecule has 0 aliphatic carbocycles. The Bertz CT molecular complexity index is 450. The number of nitrogens with one attached hydrogen (secondary N) is 1. The van der Waals surface area contributed by atoms with Crippen LogP contribution in [0.1, 0.15) is 5.56 Å². The second-order valence-corrected chi connectivity index (χ2v) is 3.47. The van der Waals surface area contributed by atoms with Gasteiger partial charge in [-0.05, 0) is 5.56 Å². The maximum Gasteiger partial charge on any atom is 0.242 e. The minimum absolute atomic E-state index is 0.116. The minimum atomic E-state index is -0.257. The van der Waals surface area contributed by atoms with E-state index in [1.165, 1.54) is 0 Å². The van der Waals surface area contributed by atoms with Crippen molar-refractivity contribution >= 4 is 17.8 Å². The molecule has 0 spiro atoms. The molecule has 0 unspecified atom stereocenters. The van der Waals surface area contributed by atoms with Crippen LogP contribution in [0, 0.1) is 0 Å². The topological polar surface area (TPSA) is 132 Å². The third-order valence-corrected chi connectivity index (χ3v) is 1.96. The van der Waals surface area contributed by atoms with Crippen LogP contribution in [0.2, 0.25) is 0 Å². The first-order valence-corrected chi connectivity index (χ1v) is 5.28. The van der Waals surface area contributed by atoms with Gasteiger partial charge in [0.1, 0.15) is 6.54 Å². The van der Waals surface area contributed by atoms with Gasteiger partial charge in [-0.3, -0.25) is 4.79 Å². The largest absolute Gasteiger partial charge is 0.370 e. The Labute approximate surface area is 105 Å². The number of guanidine groups is 2. The average Bonchev–Trinajstić information content (AvgIpc) is 2.34. The molecule has 1 aromatic rings. The van der Waals surface area contributed by atoms with Crippen molar-refractivity contribution in [3.05, 3.63) is 35.9 Å². The maximum absolute atomic E-state index is 11.4. The third kappa shape index (κ3) is 5.50. The summed E-state index contributed by atoms with van der Waals surface area (Å²) < 4.78 is 0. The summed E-state index contributed by atoms with van der Waals surface area (Å²) in [7, 11) is 0. The number of rotatable bonds is 4. The fraction of sp³-hybridized carbons (Fsp3) is 0.182. The Balaban J connectivity index is 2.37. The van der Waals surface area contributed by atoms with E-state index in [0.29, 0.717) is 6.54 Å². The number of aliphatic imine (C=N–C) groups is 2. The van der Waals surface area contributed by atoms with Gasteiger partial charge >= 0.3 is 0 Å². The number of amides is 1. The van der Waals surface area contributed by atoms with E-state index in [0.717, 1.165) is 5.56 Å². The number of benzene rings is 1. The zero-order chi connectivity index (χ0) is 13.4. The summed E-state index contributed by atoms with van der Waals surface area (Å²) in [5, 5.41) is 2.70. The van der Waals surface area contributed by atoms with E-state index >= 15 is 0 Å². The lowest BCUT2D eigenvalue weighted by molar-refractivity contribution is -0.119. The molecule has 0 saturated heterocycles. The molecule has 0 bridgehead atoms. The average molecular weight is 248 g/mol. The molecule has 0 aliphatic heterocycles. The molecule has 96 valence electrons. The van der Waals surface area contributed by atoms with Gasteiger partial charge < -0.3 is 22.5 Å². The van der Waals surface area contributed by atoms with Crippen LogP contribution in [0.15, 0.2) is 40.3 Å². The lowest BCUT2D eigenvalue weighted by atomic mass is 10.2. The van der Waals surface area contributed by atoms with Crippen molar-refractivity contribution in [3.8, 4) is 0 Å². The molecule has 7 nitrogen and oxygen atoms in total. The van der Waals surface area contributed by atoms with Gasteiger partial charge in [0.25, 0.3) is 0 Å². The Hall–Kier alpha value is -2.57. The summed E-state index contributed by atoms with van der Waals surface area (Å²) in [4.78, 5) is 18.6. The van der Waals surface area contributed by atoms with Crippen LogP contribution in [-0.2, 0) is 11.3 Å². The van der Waals surface area contributed by atoms with E-state index < -0.39 is 0 Å². The SMILES string of the molecule is NC(N)=NC(N)=NCC(=O)NCc1ccccc1. The van der Waals surface area contributed by atoms with Gasteiger partial charge in [-0.1, -0.05) is 30.3 Å². The summed E-state index contributed by atoms with van der Waals surface area (Å²) in [6.07, 6.45) is 0. The molecule has 0 aliphatic rings. The molecule has 1 amide bonds. The predicted molar refractivity (Wildman–Crippen MR) is 70.6 cm³/mol. The van der Waals surface area contributed by atoms with Gasteiger partial charge in [0.2, 0.25) is 11.9 Å². The van der Waals surface area contributed by atoms with Crippen LogP contribution in [0.25, 0.3) is 0 Å². The van der Waals surface area contributed by atoms with Gasteiger partial charge in [0.15, 0.2) is 5.96 Å². The Kier molecular flexibility index (Phi) is 5.17. The summed E-state index contributed by atoms with van der Waals surface area (Å²) >= 11 is 0. The highest BCUT2D eigenvalue weighted by molar-refractivity contribution is 5.93. The van der Waals surface area contributed by atoms with E-state index in [1.54, 1.807) is 0 Å². The molecule has 7 heteroatoms. The number of hydrogen-bond acceptors (Lipinski definition) is 2. The van der Waals surface area contributed by atoms with E-state index in [4.69, 9.17) is 17.2 Å². The zero-order valence-corrected chi connectivity index (χ0v) is 9.84. The van der Waals surface area contributed by atoms with Gasteiger partial charge in [-0.2, -0.15) is 4.99 Å². The summed E-state index contributed by atoms with van der Waals surface area (Å²) in [6.45, 7) is 0.326. The highest BCUT2D eigenvalue weighted by Gasteiger charge is 2.00.